The van der Waals surface area contributed by atoms with Gasteiger partial charge in [0.1, 0.15) is 5.82 Å². The zero-order valence-corrected chi connectivity index (χ0v) is 14.3. The molecule has 0 spiro atoms. The molecule has 5 heteroatoms. The van der Waals surface area contributed by atoms with Gasteiger partial charge in [-0.3, -0.25) is 14.5 Å². The molecule has 0 radical (unpaired) electrons. The molecule has 3 rings (SSSR count). The van der Waals surface area contributed by atoms with Crippen molar-refractivity contribution in [2.75, 3.05) is 13.1 Å². The van der Waals surface area contributed by atoms with Crippen molar-refractivity contribution in [1.82, 2.24) is 10.2 Å². The first kappa shape index (κ1) is 17.3. The van der Waals surface area contributed by atoms with Gasteiger partial charge in [0.15, 0.2) is 0 Å². The summed E-state index contributed by atoms with van der Waals surface area (Å²) in [6, 6.07) is 13.3. The van der Waals surface area contributed by atoms with Gasteiger partial charge in [0.25, 0.3) is 11.8 Å². The van der Waals surface area contributed by atoms with Crippen molar-refractivity contribution in [2.45, 2.75) is 19.9 Å². The molecular formula is C20H21FN2O2. The number of carbonyl (C=O) groups excluding carboxylic acids is 2. The summed E-state index contributed by atoms with van der Waals surface area (Å²) in [5, 5.41) is 3.38. The van der Waals surface area contributed by atoms with Crippen LogP contribution in [-0.2, 0) is 0 Å². The van der Waals surface area contributed by atoms with Gasteiger partial charge in [0.05, 0.1) is 11.1 Å². The van der Waals surface area contributed by atoms with Crippen molar-refractivity contribution in [1.29, 1.82) is 0 Å². The van der Waals surface area contributed by atoms with Crippen molar-refractivity contribution in [3.8, 4) is 0 Å². The van der Waals surface area contributed by atoms with E-state index in [0.29, 0.717) is 24.2 Å². The maximum Gasteiger partial charge on any atom is 0.261 e. The molecule has 2 aromatic rings. The molecule has 0 aromatic heterocycles. The number of fused-ring (bicyclic) bond motifs is 1. The topological polar surface area (TPSA) is 49.4 Å². The summed E-state index contributed by atoms with van der Waals surface area (Å²) in [6.45, 7) is 4.93. The van der Waals surface area contributed by atoms with Crippen LogP contribution < -0.4 is 5.32 Å². The van der Waals surface area contributed by atoms with Crippen molar-refractivity contribution in [3.05, 3.63) is 71.0 Å². The van der Waals surface area contributed by atoms with E-state index >= 15 is 0 Å². The number of benzene rings is 2. The number of amides is 2. The van der Waals surface area contributed by atoms with E-state index in [0.717, 1.165) is 5.56 Å². The summed E-state index contributed by atoms with van der Waals surface area (Å²) in [5.74, 6) is -0.472. The molecule has 2 amide bonds. The normalized spacial score (nSPS) is 15.0. The summed E-state index contributed by atoms with van der Waals surface area (Å²) in [7, 11) is 0. The molecule has 0 bridgehead atoms. The Balaban J connectivity index is 1.65. The van der Waals surface area contributed by atoms with Crippen LogP contribution in [-0.4, -0.2) is 29.8 Å². The van der Waals surface area contributed by atoms with Crippen LogP contribution in [0.15, 0.2) is 48.5 Å². The first-order valence-corrected chi connectivity index (χ1v) is 8.43. The Morgan fingerprint density at radius 1 is 0.960 bits per heavy atom. The third-order valence-electron chi connectivity index (χ3n) is 4.47. The van der Waals surface area contributed by atoms with Crippen molar-refractivity contribution >= 4 is 11.8 Å². The summed E-state index contributed by atoms with van der Waals surface area (Å²) in [4.78, 5) is 26.0. The molecule has 0 unspecified atom stereocenters. The third-order valence-corrected chi connectivity index (χ3v) is 4.47. The Labute approximate surface area is 146 Å². The molecule has 1 aliphatic heterocycles. The second-order valence-corrected chi connectivity index (χ2v) is 6.53. The minimum atomic E-state index is -0.266. The number of halogens is 1. The van der Waals surface area contributed by atoms with Gasteiger partial charge >= 0.3 is 0 Å². The Hall–Kier alpha value is -2.53. The van der Waals surface area contributed by atoms with E-state index in [1.54, 1.807) is 36.4 Å². The van der Waals surface area contributed by atoms with Crippen LogP contribution in [0.25, 0.3) is 0 Å². The fourth-order valence-corrected chi connectivity index (χ4v) is 3.18. The Bertz CT molecular complexity index is 752. The van der Waals surface area contributed by atoms with Crippen LogP contribution in [0.1, 0.15) is 46.2 Å². The highest BCUT2D eigenvalue weighted by molar-refractivity contribution is 6.21. The fourth-order valence-electron chi connectivity index (χ4n) is 3.18. The van der Waals surface area contributed by atoms with E-state index in [4.69, 9.17) is 0 Å². The minimum absolute atomic E-state index is 0.0239. The van der Waals surface area contributed by atoms with Gasteiger partial charge < -0.3 is 5.32 Å². The lowest BCUT2D eigenvalue weighted by atomic mass is 9.96. The van der Waals surface area contributed by atoms with E-state index in [2.05, 4.69) is 19.2 Å². The molecule has 1 atom stereocenters. The first-order valence-electron chi connectivity index (χ1n) is 8.43. The highest BCUT2D eigenvalue weighted by Crippen LogP contribution is 2.23. The number of nitrogens with one attached hydrogen (secondary N) is 1. The van der Waals surface area contributed by atoms with Crippen LogP contribution in [0.5, 0.6) is 0 Å². The standard InChI is InChI=1S/C20H21FN2O2/c1-13(2)18(14-7-9-15(21)10-8-14)22-11-12-23-19(24)16-5-3-4-6-17(16)20(23)25/h3-10,13,18,22H,11-12H2,1-2H3/t18-/m1/s1. The number of hydrogen-bond acceptors (Lipinski definition) is 3. The summed E-state index contributed by atoms with van der Waals surface area (Å²) < 4.78 is 13.1. The van der Waals surface area contributed by atoms with Crippen LogP contribution in [0.2, 0.25) is 0 Å². The Morgan fingerprint density at radius 2 is 1.52 bits per heavy atom. The van der Waals surface area contributed by atoms with Gasteiger partial charge in [-0.2, -0.15) is 0 Å². The monoisotopic (exact) mass is 340 g/mol. The molecule has 0 saturated carbocycles. The maximum absolute atomic E-state index is 13.1. The van der Waals surface area contributed by atoms with Gasteiger partial charge in [-0.15, -0.1) is 0 Å². The van der Waals surface area contributed by atoms with Crippen molar-refractivity contribution in [3.63, 3.8) is 0 Å². The third kappa shape index (κ3) is 3.46. The molecule has 25 heavy (non-hydrogen) atoms. The van der Waals surface area contributed by atoms with Crippen LogP contribution in [0.3, 0.4) is 0 Å². The molecule has 0 saturated heterocycles. The molecule has 1 aliphatic rings. The predicted molar refractivity (Wildman–Crippen MR) is 93.8 cm³/mol. The number of imide groups is 1. The minimum Gasteiger partial charge on any atom is -0.308 e. The van der Waals surface area contributed by atoms with Crippen LogP contribution in [0, 0.1) is 11.7 Å². The van der Waals surface area contributed by atoms with Crippen molar-refractivity contribution in [2.24, 2.45) is 5.92 Å². The van der Waals surface area contributed by atoms with Gasteiger partial charge in [-0.1, -0.05) is 38.1 Å². The smallest absolute Gasteiger partial charge is 0.261 e. The molecule has 130 valence electrons. The molecule has 0 aliphatic carbocycles. The van der Waals surface area contributed by atoms with E-state index in [1.165, 1.54) is 17.0 Å². The number of rotatable bonds is 6. The zero-order valence-electron chi connectivity index (χ0n) is 14.3. The molecule has 1 heterocycles. The molecular weight excluding hydrogens is 319 g/mol. The molecule has 0 fully saturated rings. The van der Waals surface area contributed by atoms with Crippen LogP contribution >= 0.6 is 0 Å². The highest BCUT2D eigenvalue weighted by atomic mass is 19.1. The van der Waals surface area contributed by atoms with Gasteiger partial charge in [-0.05, 0) is 35.7 Å². The second kappa shape index (κ2) is 7.15. The molecule has 2 aromatic carbocycles. The Morgan fingerprint density at radius 3 is 2.04 bits per heavy atom. The van der Waals surface area contributed by atoms with Crippen LogP contribution in [0.4, 0.5) is 4.39 Å². The SMILES string of the molecule is CC(C)[C@@H](NCCN1C(=O)c2ccccc2C1=O)c1ccc(F)cc1. The number of nitrogens with zero attached hydrogens (tertiary/aromatic N) is 1. The fraction of sp³-hybridized carbons (Fsp3) is 0.300. The molecule has 4 nitrogen and oxygen atoms in total. The van der Waals surface area contributed by atoms with E-state index in [-0.39, 0.29) is 29.6 Å². The van der Waals surface area contributed by atoms with Gasteiger partial charge in [0.2, 0.25) is 0 Å². The lowest BCUT2D eigenvalue weighted by Gasteiger charge is -2.24. The van der Waals surface area contributed by atoms with Gasteiger partial charge in [-0.25, -0.2) is 4.39 Å². The lowest BCUT2D eigenvalue weighted by molar-refractivity contribution is 0.0654. The average molecular weight is 340 g/mol. The summed E-state index contributed by atoms with van der Waals surface area (Å²) >= 11 is 0. The number of hydrogen-bond donors (Lipinski definition) is 1. The predicted octanol–water partition coefficient (Wildman–Crippen LogP) is 3.41. The Kier molecular flexibility index (Phi) is 4.95. The summed E-state index contributed by atoms with van der Waals surface area (Å²) in [5.41, 5.74) is 1.91. The summed E-state index contributed by atoms with van der Waals surface area (Å²) in [6.07, 6.45) is 0. The van der Waals surface area contributed by atoms with E-state index < -0.39 is 0 Å². The quantitative estimate of drug-likeness (QED) is 0.820. The van der Waals surface area contributed by atoms with E-state index in [1.807, 2.05) is 0 Å². The highest BCUT2D eigenvalue weighted by Gasteiger charge is 2.34. The second-order valence-electron chi connectivity index (χ2n) is 6.53. The van der Waals surface area contributed by atoms with Crippen molar-refractivity contribution < 1.29 is 14.0 Å². The largest absolute Gasteiger partial charge is 0.308 e. The zero-order chi connectivity index (χ0) is 18.0. The average Bonchev–Trinajstić information content (AvgIpc) is 2.84. The first-order chi connectivity index (χ1) is 12.0. The number of carbonyl (C=O) groups is 2. The van der Waals surface area contributed by atoms with E-state index in [9.17, 15) is 14.0 Å². The van der Waals surface area contributed by atoms with Gasteiger partial charge in [0, 0.05) is 19.1 Å². The lowest BCUT2D eigenvalue weighted by Crippen LogP contribution is -2.38. The maximum atomic E-state index is 13.1. The molecule has 1 N–H and O–H groups in total.